The van der Waals surface area contributed by atoms with Gasteiger partial charge >= 0.3 is 0 Å². The molecule has 0 spiro atoms. The second-order valence-corrected chi connectivity index (χ2v) is 3.40. The van der Waals surface area contributed by atoms with E-state index >= 15 is 0 Å². The molecule has 0 amide bonds. The Morgan fingerprint density at radius 1 is 1.54 bits per heavy atom. The first-order chi connectivity index (χ1) is 6.38. The van der Waals surface area contributed by atoms with Gasteiger partial charge in [0.2, 0.25) is 0 Å². The monoisotopic (exact) mass is 178 g/mol. The molecule has 1 aromatic rings. The van der Waals surface area contributed by atoms with Gasteiger partial charge in [0.05, 0.1) is 18.3 Å². The molecular formula is C10H14N2O. The first-order valence-corrected chi connectivity index (χ1v) is 4.62. The highest BCUT2D eigenvalue weighted by Gasteiger charge is 2.24. The molecule has 0 saturated carbocycles. The second kappa shape index (κ2) is 3.85. The van der Waals surface area contributed by atoms with E-state index in [1.54, 1.807) is 6.20 Å². The molecule has 2 N–H and O–H groups in total. The molecule has 1 aliphatic rings. The van der Waals surface area contributed by atoms with E-state index in [-0.39, 0.29) is 6.04 Å². The summed E-state index contributed by atoms with van der Waals surface area (Å²) >= 11 is 0. The molecule has 13 heavy (non-hydrogen) atoms. The fraction of sp³-hybridized carbons (Fsp3) is 0.500. The molecule has 1 aromatic heterocycles. The third-order valence-corrected chi connectivity index (χ3v) is 2.50. The summed E-state index contributed by atoms with van der Waals surface area (Å²) in [4.78, 5) is 4.24. The third-order valence-electron chi connectivity index (χ3n) is 2.50. The lowest BCUT2D eigenvalue weighted by molar-refractivity contribution is 0.180. The van der Waals surface area contributed by atoms with Crippen LogP contribution < -0.4 is 5.73 Å². The summed E-state index contributed by atoms with van der Waals surface area (Å²) in [6.07, 6.45) is 2.84. The van der Waals surface area contributed by atoms with Gasteiger partial charge in [-0.2, -0.15) is 0 Å². The van der Waals surface area contributed by atoms with Crippen LogP contribution in [0.3, 0.4) is 0 Å². The number of pyridine rings is 1. The van der Waals surface area contributed by atoms with Crippen molar-refractivity contribution in [2.45, 2.75) is 12.5 Å². The van der Waals surface area contributed by atoms with Gasteiger partial charge in [0.15, 0.2) is 0 Å². The summed E-state index contributed by atoms with van der Waals surface area (Å²) in [5.74, 6) is 0.440. The van der Waals surface area contributed by atoms with Crippen LogP contribution in [0.5, 0.6) is 0 Å². The maximum atomic E-state index is 6.06. The summed E-state index contributed by atoms with van der Waals surface area (Å²) < 4.78 is 5.29. The van der Waals surface area contributed by atoms with Crippen LogP contribution in [0, 0.1) is 5.92 Å². The van der Waals surface area contributed by atoms with Crippen molar-refractivity contribution in [2.75, 3.05) is 13.2 Å². The maximum Gasteiger partial charge on any atom is 0.0574 e. The minimum absolute atomic E-state index is 0.0312. The first kappa shape index (κ1) is 8.66. The predicted molar refractivity (Wildman–Crippen MR) is 50.1 cm³/mol. The summed E-state index contributed by atoms with van der Waals surface area (Å²) in [5, 5.41) is 0. The smallest absolute Gasteiger partial charge is 0.0574 e. The third kappa shape index (κ3) is 1.87. The average molecular weight is 178 g/mol. The van der Waals surface area contributed by atoms with E-state index in [1.807, 2.05) is 18.2 Å². The molecule has 3 heteroatoms. The average Bonchev–Trinajstić information content (AvgIpc) is 2.71. The lowest BCUT2D eigenvalue weighted by Crippen LogP contribution is -2.22. The van der Waals surface area contributed by atoms with Gasteiger partial charge in [-0.15, -0.1) is 0 Å². The van der Waals surface area contributed by atoms with E-state index in [1.165, 1.54) is 0 Å². The molecule has 70 valence electrons. The number of rotatable bonds is 2. The molecule has 0 radical (unpaired) electrons. The van der Waals surface area contributed by atoms with Crippen molar-refractivity contribution in [2.24, 2.45) is 11.7 Å². The lowest BCUT2D eigenvalue weighted by Gasteiger charge is -2.16. The number of hydrogen-bond donors (Lipinski definition) is 1. The van der Waals surface area contributed by atoms with Crippen LogP contribution in [-0.2, 0) is 4.74 Å². The van der Waals surface area contributed by atoms with E-state index < -0.39 is 0 Å². The highest BCUT2D eigenvalue weighted by Crippen LogP contribution is 2.24. The van der Waals surface area contributed by atoms with Gasteiger partial charge in [-0.25, -0.2) is 0 Å². The van der Waals surface area contributed by atoms with Crippen molar-refractivity contribution in [3.63, 3.8) is 0 Å². The summed E-state index contributed by atoms with van der Waals surface area (Å²) in [5.41, 5.74) is 7.03. The van der Waals surface area contributed by atoms with Gasteiger partial charge in [-0.05, 0) is 18.6 Å². The minimum atomic E-state index is 0.0312. The molecule has 1 saturated heterocycles. The first-order valence-electron chi connectivity index (χ1n) is 4.62. The van der Waals surface area contributed by atoms with Gasteiger partial charge < -0.3 is 10.5 Å². The number of nitrogens with two attached hydrogens (primary N) is 1. The number of hydrogen-bond acceptors (Lipinski definition) is 3. The number of nitrogens with zero attached hydrogens (tertiary/aromatic N) is 1. The second-order valence-electron chi connectivity index (χ2n) is 3.40. The standard InChI is InChI=1S/C10H14N2O/c11-10(8-4-6-13-7-8)9-3-1-2-5-12-9/h1-3,5,8,10H,4,6-7,11H2. The van der Waals surface area contributed by atoms with Crippen molar-refractivity contribution in [1.29, 1.82) is 0 Å². The Morgan fingerprint density at radius 2 is 2.46 bits per heavy atom. The molecule has 2 heterocycles. The van der Waals surface area contributed by atoms with Crippen molar-refractivity contribution >= 4 is 0 Å². The Morgan fingerprint density at radius 3 is 3.08 bits per heavy atom. The number of aromatic nitrogens is 1. The zero-order valence-corrected chi connectivity index (χ0v) is 7.52. The van der Waals surface area contributed by atoms with Crippen molar-refractivity contribution in [3.8, 4) is 0 Å². The van der Waals surface area contributed by atoms with Crippen LogP contribution in [0.4, 0.5) is 0 Å². The summed E-state index contributed by atoms with van der Waals surface area (Å²) in [7, 11) is 0. The van der Waals surface area contributed by atoms with E-state index in [9.17, 15) is 0 Å². The largest absolute Gasteiger partial charge is 0.381 e. The van der Waals surface area contributed by atoms with Crippen molar-refractivity contribution in [3.05, 3.63) is 30.1 Å². The Kier molecular flexibility index (Phi) is 2.57. The fourth-order valence-electron chi connectivity index (χ4n) is 1.65. The van der Waals surface area contributed by atoms with E-state index in [0.29, 0.717) is 5.92 Å². The van der Waals surface area contributed by atoms with Crippen LogP contribution in [0.15, 0.2) is 24.4 Å². The van der Waals surface area contributed by atoms with E-state index in [0.717, 1.165) is 25.3 Å². The van der Waals surface area contributed by atoms with Crippen LogP contribution in [0.2, 0.25) is 0 Å². The van der Waals surface area contributed by atoms with Crippen molar-refractivity contribution in [1.82, 2.24) is 4.98 Å². The van der Waals surface area contributed by atoms with E-state index in [2.05, 4.69) is 4.98 Å². The summed E-state index contributed by atoms with van der Waals surface area (Å²) in [6, 6.07) is 5.88. The van der Waals surface area contributed by atoms with E-state index in [4.69, 9.17) is 10.5 Å². The molecule has 0 aromatic carbocycles. The Bertz CT molecular complexity index is 257. The molecule has 1 aliphatic heterocycles. The lowest BCUT2D eigenvalue weighted by atomic mass is 9.97. The predicted octanol–water partition coefficient (Wildman–Crippen LogP) is 1.12. The van der Waals surface area contributed by atoms with Crippen LogP contribution >= 0.6 is 0 Å². The fourth-order valence-corrected chi connectivity index (χ4v) is 1.65. The maximum absolute atomic E-state index is 6.06. The van der Waals surface area contributed by atoms with Crippen LogP contribution in [0.25, 0.3) is 0 Å². The quantitative estimate of drug-likeness (QED) is 0.738. The topological polar surface area (TPSA) is 48.1 Å². The highest BCUT2D eigenvalue weighted by molar-refractivity contribution is 5.09. The zero-order chi connectivity index (χ0) is 9.10. The van der Waals surface area contributed by atoms with Gasteiger partial charge in [-0.1, -0.05) is 6.07 Å². The SMILES string of the molecule is NC(c1ccccn1)C1CCOC1. The van der Waals surface area contributed by atoms with Gasteiger partial charge in [-0.3, -0.25) is 4.98 Å². The van der Waals surface area contributed by atoms with Crippen molar-refractivity contribution < 1.29 is 4.74 Å². The Labute approximate surface area is 77.9 Å². The molecule has 2 unspecified atom stereocenters. The zero-order valence-electron chi connectivity index (χ0n) is 7.52. The molecule has 1 fully saturated rings. The molecule has 2 atom stereocenters. The Hall–Kier alpha value is -0.930. The minimum Gasteiger partial charge on any atom is -0.381 e. The molecule has 0 aliphatic carbocycles. The molecule has 2 rings (SSSR count). The molecule has 0 bridgehead atoms. The summed E-state index contributed by atoms with van der Waals surface area (Å²) in [6.45, 7) is 1.61. The van der Waals surface area contributed by atoms with Gasteiger partial charge in [0.1, 0.15) is 0 Å². The molecular weight excluding hydrogens is 164 g/mol. The highest BCUT2D eigenvalue weighted by atomic mass is 16.5. The number of ether oxygens (including phenoxy) is 1. The molecule has 3 nitrogen and oxygen atoms in total. The van der Waals surface area contributed by atoms with Gasteiger partial charge in [0, 0.05) is 18.7 Å². The van der Waals surface area contributed by atoms with Crippen LogP contribution in [-0.4, -0.2) is 18.2 Å². The normalized spacial score (nSPS) is 24.5. The van der Waals surface area contributed by atoms with Crippen LogP contribution in [0.1, 0.15) is 18.2 Å². The van der Waals surface area contributed by atoms with Gasteiger partial charge in [0.25, 0.3) is 0 Å². The Balaban J connectivity index is 2.08.